The predicted molar refractivity (Wildman–Crippen MR) is 66.9 cm³/mol. The van der Waals surface area contributed by atoms with Crippen LogP contribution in [0.1, 0.15) is 5.56 Å². The quantitative estimate of drug-likeness (QED) is 0.625. The van der Waals surface area contributed by atoms with E-state index in [1.807, 2.05) is 22.6 Å². The molecule has 6 heteroatoms. The van der Waals surface area contributed by atoms with Gasteiger partial charge in [0.1, 0.15) is 5.76 Å². The van der Waals surface area contributed by atoms with Gasteiger partial charge in [-0.3, -0.25) is 0 Å². The molecule has 0 atom stereocenters. The van der Waals surface area contributed by atoms with Crippen LogP contribution < -0.4 is 0 Å². The van der Waals surface area contributed by atoms with E-state index in [0.717, 1.165) is 6.07 Å². The molecule has 1 heterocycles. The summed E-state index contributed by atoms with van der Waals surface area (Å²) in [6.45, 7) is 0. The molecule has 0 bridgehead atoms. The molecular formula is C11H5ClF3IO. The molecule has 0 saturated heterocycles. The third-order valence-electron chi connectivity index (χ3n) is 2.15. The molecule has 1 aromatic heterocycles. The first kappa shape index (κ1) is 12.8. The van der Waals surface area contributed by atoms with Crippen LogP contribution >= 0.6 is 34.2 Å². The summed E-state index contributed by atoms with van der Waals surface area (Å²) in [6, 6.07) is 5.50. The fourth-order valence-corrected chi connectivity index (χ4v) is 2.57. The highest BCUT2D eigenvalue weighted by atomic mass is 127. The van der Waals surface area contributed by atoms with Crippen LogP contribution in [0.15, 0.2) is 34.9 Å². The topological polar surface area (TPSA) is 13.1 Å². The predicted octanol–water partition coefficient (Wildman–Crippen LogP) is 5.22. The summed E-state index contributed by atoms with van der Waals surface area (Å²) in [5.41, 5.74) is -0.474. The van der Waals surface area contributed by atoms with Gasteiger partial charge in [0.25, 0.3) is 0 Å². The van der Waals surface area contributed by atoms with E-state index >= 15 is 0 Å². The van der Waals surface area contributed by atoms with E-state index in [9.17, 15) is 13.2 Å². The van der Waals surface area contributed by atoms with Crippen molar-refractivity contribution in [3.63, 3.8) is 0 Å². The van der Waals surface area contributed by atoms with Crippen molar-refractivity contribution in [3.8, 4) is 11.3 Å². The van der Waals surface area contributed by atoms with Gasteiger partial charge in [0.2, 0.25) is 0 Å². The number of halogens is 5. The van der Waals surface area contributed by atoms with Gasteiger partial charge in [-0.15, -0.1) is 0 Å². The van der Waals surface area contributed by atoms with Crippen molar-refractivity contribution in [1.82, 2.24) is 0 Å². The minimum absolute atomic E-state index is 0.308. The van der Waals surface area contributed by atoms with E-state index < -0.39 is 11.7 Å². The Hall–Kier alpha value is -0.690. The van der Waals surface area contributed by atoms with E-state index in [2.05, 4.69) is 0 Å². The zero-order valence-corrected chi connectivity index (χ0v) is 11.1. The number of hydrogen-bond donors (Lipinski definition) is 0. The van der Waals surface area contributed by atoms with Crippen LogP contribution in [0, 0.1) is 3.57 Å². The number of alkyl halides is 3. The first-order valence-corrected chi connectivity index (χ1v) is 5.95. The minimum atomic E-state index is -4.47. The molecule has 0 fully saturated rings. The average molecular weight is 373 g/mol. The lowest BCUT2D eigenvalue weighted by Crippen LogP contribution is -2.06. The van der Waals surface area contributed by atoms with E-state index in [4.69, 9.17) is 16.0 Å². The smallest absolute Gasteiger partial charge is 0.417 e. The largest absolute Gasteiger partial charge is 0.464 e. The van der Waals surface area contributed by atoms with Gasteiger partial charge in [-0.05, 0) is 46.9 Å². The SMILES string of the molecule is FC(F)(F)c1cc(-c2ccco2)c(I)cc1Cl. The second-order valence-corrected chi connectivity index (χ2v) is 4.86. The van der Waals surface area contributed by atoms with E-state index in [0.29, 0.717) is 14.9 Å². The highest BCUT2D eigenvalue weighted by molar-refractivity contribution is 14.1. The van der Waals surface area contributed by atoms with Crippen LogP contribution in [0.2, 0.25) is 5.02 Å². The maximum atomic E-state index is 12.7. The molecule has 0 radical (unpaired) electrons. The molecule has 2 rings (SSSR count). The average Bonchev–Trinajstić information content (AvgIpc) is 2.68. The Bertz CT molecular complexity index is 534. The fraction of sp³-hybridized carbons (Fsp3) is 0.0909. The second kappa shape index (κ2) is 4.53. The van der Waals surface area contributed by atoms with Gasteiger partial charge in [0.05, 0.1) is 16.8 Å². The Kier molecular flexibility index (Phi) is 3.40. The van der Waals surface area contributed by atoms with Crippen LogP contribution in [0.4, 0.5) is 13.2 Å². The van der Waals surface area contributed by atoms with Crippen LogP contribution in [0.25, 0.3) is 11.3 Å². The van der Waals surface area contributed by atoms with Gasteiger partial charge in [-0.1, -0.05) is 11.6 Å². The first-order chi connectivity index (χ1) is 7.89. The first-order valence-electron chi connectivity index (χ1n) is 4.49. The van der Waals surface area contributed by atoms with Gasteiger partial charge >= 0.3 is 6.18 Å². The number of benzene rings is 1. The Labute approximate surface area is 114 Å². The standard InChI is InChI=1S/C11H5ClF3IO/c12-8-5-9(16)6(10-2-1-3-17-10)4-7(8)11(13,14)15/h1-5H. The normalized spacial score (nSPS) is 11.8. The van der Waals surface area contributed by atoms with E-state index in [-0.39, 0.29) is 5.02 Å². The monoisotopic (exact) mass is 372 g/mol. The van der Waals surface area contributed by atoms with Crippen molar-refractivity contribution in [2.75, 3.05) is 0 Å². The summed E-state index contributed by atoms with van der Waals surface area (Å²) in [6.07, 6.45) is -3.06. The van der Waals surface area contributed by atoms with Gasteiger partial charge in [0.15, 0.2) is 0 Å². The molecule has 0 aliphatic carbocycles. The summed E-state index contributed by atoms with van der Waals surface area (Å²) in [7, 11) is 0. The fourth-order valence-electron chi connectivity index (χ4n) is 1.39. The number of hydrogen-bond acceptors (Lipinski definition) is 1. The molecule has 0 N–H and O–H groups in total. The number of rotatable bonds is 1. The highest BCUT2D eigenvalue weighted by Gasteiger charge is 2.34. The second-order valence-electron chi connectivity index (χ2n) is 3.29. The third-order valence-corrected chi connectivity index (χ3v) is 3.35. The third kappa shape index (κ3) is 2.60. The van der Waals surface area contributed by atoms with Crippen LogP contribution in [-0.4, -0.2) is 0 Å². The van der Waals surface area contributed by atoms with Crippen LogP contribution in [-0.2, 0) is 6.18 Å². The molecule has 0 amide bonds. The molecule has 0 aliphatic rings. The molecular weight excluding hydrogens is 367 g/mol. The maximum absolute atomic E-state index is 12.7. The molecule has 0 saturated carbocycles. The molecule has 1 aromatic carbocycles. The van der Waals surface area contributed by atoms with Crippen molar-refractivity contribution >= 4 is 34.2 Å². The van der Waals surface area contributed by atoms with Crippen molar-refractivity contribution in [2.24, 2.45) is 0 Å². The van der Waals surface area contributed by atoms with Crippen molar-refractivity contribution in [3.05, 3.63) is 44.7 Å². The molecule has 0 unspecified atom stereocenters. The van der Waals surface area contributed by atoms with Gasteiger partial charge in [0, 0.05) is 9.13 Å². The lowest BCUT2D eigenvalue weighted by molar-refractivity contribution is -0.137. The summed E-state index contributed by atoms with van der Waals surface area (Å²) >= 11 is 7.51. The Morgan fingerprint density at radius 2 is 1.94 bits per heavy atom. The Morgan fingerprint density at radius 3 is 2.47 bits per heavy atom. The molecule has 2 aromatic rings. The lowest BCUT2D eigenvalue weighted by atomic mass is 10.1. The van der Waals surface area contributed by atoms with Crippen LogP contribution in [0.3, 0.4) is 0 Å². The molecule has 90 valence electrons. The van der Waals surface area contributed by atoms with Gasteiger partial charge in [-0.2, -0.15) is 13.2 Å². The Morgan fingerprint density at radius 1 is 1.24 bits per heavy atom. The highest BCUT2D eigenvalue weighted by Crippen LogP contribution is 2.39. The Balaban J connectivity index is 2.62. The molecule has 0 aliphatic heterocycles. The van der Waals surface area contributed by atoms with E-state index in [1.165, 1.54) is 12.3 Å². The summed E-state index contributed by atoms with van der Waals surface area (Å²) in [5, 5.41) is -0.308. The van der Waals surface area contributed by atoms with Crippen molar-refractivity contribution in [1.29, 1.82) is 0 Å². The zero-order chi connectivity index (χ0) is 12.6. The summed E-state index contributed by atoms with van der Waals surface area (Å²) in [5.74, 6) is 0.386. The maximum Gasteiger partial charge on any atom is 0.417 e. The van der Waals surface area contributed by atoms with Crippen LogP contribution in [0.5, 0.6) is 0 Å². The van der Waals surface area contributed by atoms with Gasteiger partial charge < -0.3 is 4.42 Å². The van der Waals surface area contributed by atoms with Crippen molar-refractivity contribution in [2.45, 2.75) is 6.18 Å². The minimum Gasteiger partial charge on any atom is -0.464 e. The lowest BCUT2D eigenvalue weighted by Gasteiger charge is -2.11. The molecule has 0 spiro atoms. The van der Waals surface area contributed by atoms with Crippen molar-refractivity contribution < 1.29 is 17.6 Å². The van der Waals surface area contributed by atoms with Gasteiger partial charge in [-0.25, -0.2) is 0 Å². The summed E-state index contributed by atoms with van der Waals surface area (Å²) in [4.78, 5) is 0. The zero-order valence-electron chi connectivity index (χ0n) is 8.18. The molecule has 1 nitrogen and oxygen atoms in total. The summed E-state index contributed by atoms with van der Waals surface area (Å²) < 4.78 is 43.8. The number of furan rings is 1. The van der Waals surface area contributed by atoms with E-state index in [1.54, 1.807) is 12.1 Å². The molecule has 17 heavy (non-hydrogen) atoms.